The minimum Gasteiger partial charge on any atom is -0.267 e. The van der Waals surface area contributed by atoms with Crippen molar-refractivity contribution in [3.63, 3.8) is 0 Å². The van der Waals surface area contributed by atoms with Gasteiger partial charge in [-0.3, -0.25) is 4.79 Å². The number of thiophene rings is 1. The Kier molecular flexibility index (Phi) is 7.85. The molecule has 0 aliphatic carbocycles. The Balaban J connectivity index is 1.68. The molecule has 184 valence electrons. The Labute approximate surface area is 216 Å². The molecule has 0 aliphatic heterocycles. The van der Waals surface area contributed by atoms with E-state index in [4.69, 9.17) is 0 Å². The highest BCUT2D eigenvalue weighted by Gasteiger charge is 2.25. The van der Waals surface area contributed by atoms with Crippen LogP contribution < -0.4 is 5.01 Å². The summed E-state index contributed by atoms with van der Waals surface area (Å²) in [6.07, 6.45) is 4.52. The molecule has 7 nitrogen and oxygen atoms in total. The van der Waals surface area contributed by atoms with E-state index >= 15 is 0 Å². The average Bonchev–Trinajstić information content (AvgIpc) is 3.53. The smallest absolute Gasteiger partial charge is 0.267 e. The van der Waals surface area contributed by atoms with Gasteiger partial charge in [-0.05, 0) is 53.9 Å². The third-order valence-electron chi connectivity index (χ3n) is 4.96. The van der Waals surface area contributed by atoms with Gasteiger partial charge in [0, 0.05) is 23.5 Å². The second-order valence-electron chi connectivity index (χ2n) is 7.41. The highest BCUT2D eigenvalue weighted by molar-refractivity contribution is 7.89. The zero-order chi connectivity index (χ0) is 25.7. The minimum atomic E-state index is -3.81. The first-order valence-electron chi connectivity index (χ1n) is 10.6. The largest absolute Gasteiger partial charge is 0.280 e. The summed E-state index contributed by atoms with van der Waals surface area (Å²) in [6.45, 7) is 7.45. The number of anilines is 1. The summed E-state index contributed by atoms with van der Waals surface area (Å²) in [5.41, 5.74) is 0.744. The predicted octanol–water partition coefficient (Wildman–Crippen LogP) is 5.54. The lowest BCUT2D eigenvalue weighted by Crippen LogP contribution is -2.31. The molecule has 0 fully saturated rings. The molecule has 2 aromatic heterocycles. The molecule has 0 aliphatic rings. The van der Waals surface area contributed by atoms with Crippen molar-refractivity contribution < 1.29 is 17.6 Å². The molecular formula is C25H21FN4O3S3. The molecular weight excluding hydrogens is 519 g/mol. The average molecular weight is 541 g/mol. The highest BCUT2D eigenvalue weighted by Crippen LogP contribution is 2.31. The van der Waals surface area contributed by atoms with Crippen LogP contribution in [0.4, 0.5) is 9.52 Å². The number of nitrogens with zero attached hydrogens (tertiary/aromatic N) is 4. The van der Waals surface area contributed by atoms with Gasteiger partial charge in [0.2, 0.25) is 15.2 Å². The van der Waals surface area contributed by atoms with Crippen LogP contribution in [0, 0.1) is 5.82 Å². The molecule has 0 bridgehead atoms. The number of aromatic nitrogens is 1. The first-order chi connectivity index (χ1) is 17.3. The second kappa shape index (κ2) is 11.0. The Bertz CT molecular complexity index is 1520. The van der Waals surface area contributed by atoms with E-state index < -0.39 is 21.7 Å². The van der Waals surface area contributed by atoms with Gasteiger partial charge >= 0.3 is 0 Å². The zero-order valence-corrected chi connectivity index (χ0v) is 21.4. The maximum absolute atomic E-state index is 13.7. The van der Waals surface area contributed by atoms with Gasteiger partial charge in [0.05, 0.1) is 21.3 Å². The van der Waals surface area contributed by atoms with Crippen molar-refractivity contribution in [2.75, 3.05) is 18.1 Å². The Morgan fingerprint density at radius 2 is 1.81 bits per heavy atom. The SMILES string of the molecule is C=CCN(CC=C)S(=O)(=O)c1ccc(C(=O)N(/N=C/c2cccs2)c2nc3ccc(F)cc3s2)cc1. The topological polar surface area (TPSA) is 82.9 Å². The molecule has 36 heavy (non-hydrogen) atoms. The summed E-state index contributed by atoms with van der Waals surface area (Å²) in [5, 5.41) is 7.63. The first kappa shape index (κ1) is 25.6. The van der Waals surface area contributed by atoms with Gasteiger partial charge in [-0.1, -0.05) is 29.6 Å². The second-order valence-corrected chi connectivity index (χ2v) is 11.3. The lowest BCUT2D eigenvalue weighted by molar-refractivity contribution is 0.0987. The van der Waals surface area contributed by atoms with E-state index in [1.54, 1.807) is 0 Å². The van der Waals surface area contributed by atoms with Gasteiger partial charge in [0.25, 0.3) is 5.91 Å². The standard InChI is InChI=1S/C25H21FN4O3S3/c1-3-13-29(14-4-2)36(32,33)21-10-7-18(8-11-21)24(31)30(27-17-20-6-5-15-34-20)25-28-22-12-9-19(26)16-23(22)35-25/h3-12,15-17H,1-2,13-14H2/b27-17+. The third kappa shape index (κ3) is 5.49. The van der Waals surface area contributed by atoms with E-state index in [2.05, 4.69) is 23.2 Å². The number of fused-ring (bicyclic) bond motifs is 1. The Morgan fingerprint density at radius 1 is 1.08 bits per heavy atom. The zero-order valence-electron chi connectivity index (χ0n) is 19.0. The van der Waals surface area contributed by atoms with Crippen LogP contribution in [0.5, 0.6) is 0 Å². The van der Waals surface area contributed by atoms with Crippen LogP contribution in [0.15, 0.2) is 95.3 Å². The van der Waals surface area contributed by atoms with E-state index in [0.717, 1.165) is 21.2 Å². The molecule has 2 aromatic carbocycles. The van der Waals surface area contributed by atoms with Crippen LogP contribution in [0.3, 0.4) is 0 Å². The van der Waals surface area contributed by atoms with Crippen LogP contribution in [0.1, 0.15) is 15.2 Å². The molecule has 11 heteroatoms. The van der Waals surface area contributed by atoms with Crippen LogP contribution in [-0.2, 0) is 10.0 Å². The number of carbonyl (C=O) groups is 1. The number of thiazole rings is 1. The number of hydrazone groups is 1. The maximum Gasteiger partial charge on any atom is 0.280 e. The van der Waals surface area contributed by atoms with Crippen LogP contribution in [-0.4, -0.2) is 42.9 Å². The van der Waals surface area contributed by atoms with E-state index in [1.807, 2.05) is 17.5 Å². The summed E-state index contributed by atoms with van der Waals surface area (Å²) in [4.78, 5) is 18.8. The number of hydrogen-bond acceptors (Lipinski definition) is 7. The Morgan fingerprint density at radius 3 is 2.44 bits per heavy atom. The van der Waals surface area contributed by atoms with Gasteiger partial charge in [0.1, 0.15) is 5.82 Å². The van der Waals surface area contributed by atoms with E-state index in [1.165, 1.54) is 76.5 Å². The molecule has 0 saturated heterocycles. The number of benzene rings is 2. The summed E-state index contributed by atoms with van der Waals surface area (Å²) < 4.78 is 41.5. The molecule has 0 radical (unpaired) electrons. The molecule has 4 aromatic rings. The fraction of sp³-hybridized carbons (Fsp3) is 0.0800. The van der Waals surface area contributed by atoms with Gasteiger partial charge < -0.3 is 0 Å². The maximum atomic E-state index is 13.7. The van der Waals surface area contributed by atoms with Crippen molar-refractivity contribution in [3.05, 3.63) is 102 Å². The van der Waals surface area contributed by atoms with Gasteiger partial charge in [0.15, 0.2) is 0 Å². The Hall–Kier alpha value is -3.51. The fourth-order valence-electron chi connectivity index (χ4n) is 3.24. The molecule has 0 N–H and O–H groups in total. The predicted molar refractivity (Wildman–Crippen MR) is 144 cm³/mol. The van der Waals surface area contributed by atoms with Gasteiger partial charge in [-0.15, -0.1) is 24.5 Å². The van der Waals surface area contributed by atoms with Crippen LogP contribution in [0.25, 0.3) is 10.2 Å². The summed E-state index contributed by atoms with van der Waals surface area (Å²) in [7, 11) is -3.81. The molecule has 2 heterocycles. The lowest BCUT2D eigenvalue weighted by atomic mass is 10.2. The molecule has 0 unspecified atom stereocenters. The van der Waals surface area contributed by atoms with Crippen LogP contribution >= 0.6 is 22.7 Å². The van der Waals surface area contributed by atoms with Crippen molar-refractivity contribution in [2.45, 2.75) is 4.90 Å². The number of carbonyl (C=O) groups excluding carboxylic acids is 1. The normalized spacial score (nSPS) is 11.8. The number of hydrogen-bond donors (Lipinski definition) is 0. The first-order valence-corrected chi connectivity index (χ1v) is 13.8. The highest BCUT2D eigenvalue weighted by atomic mass is 32.2. The molecule has 0 saturated carbocycles. The molecule has 0 atom stereocenters. The van der Waals surface area contributed by atoms with E-state index in [-0.39, 0.29) is 28.7 Å². The molecule has 4 rings (SSSR count). The summed E-state index contributed by atoms with van der Waals surface area (Å²) in [6, 6.07) is 13.5. The number of sulfonamides is 1. The van der Waals surface area contributed by atoms with E-state index in [0.29, 0.717) is 10.2 Å². The monoisotopic (exact) mass is 540 g/mol. The van der Waals surface area contributed by atoms with Crippen molar-refractivity contribution in [2.24, 2.45) is 5.10 Å². The number of rotatable bonds is 10. The van der Waals surface area contributed by atoms with Crippen molar-refractivity contribution >= 4 is 60.2 Å². The van der Waals surface area contributed by atoms with Crippen molar-refractivity contribution in [1.82, 2.24) is 9.29 Å². The number of amides is 1. The van der Waals surface area contributed by atoms with Gasteiger partial charge in [-0.25, -0.2) is 17.8 Å². The van der Waals surface area contributed by atoms with Crippen molar-refractivity contribution in [1.29, 1.82) is 0 Å². The fourth-order valence-corrected chi connectivity index (χ4v) is 6.15. The van der Waals surface area contributed by atoms with Gasteiger partial charge in [-0.2, -0.15) is 14.4 Å². The third-order valence-corrected chi connectivity index (χ3v) is 8.61. The van der Waals surface area contributed by atoms with E-state index in [9.17, 15) is 17.6 Å². The summed E-state index contributed by atoms with van der Waals surface area (Å²) >= 11 is 2.57. The quantitative estimate of drug-likeness (QED) is 0.150. The number of halogens is 1. The lowest BCUT2D eigenvalue weighted by Gasteiger charge is -2.19. The van der Waals surface area contributed by atoms with Crippen LogP contribution in [0.2, 0.25) is 0 Å². The summed E-state index contributed by atoms with van der Waals surface area (Å²) in [5.74, 6) is -0.920. The van der Waals surface area contributed by atoms with Crippen molar-refractivity contribution in [3.8, 4) is 0 Å². The molecule has 0 spiro atoms. The molecule has 1 amide bonds. The minimum absolute atomic E-state index is 0.0341.